The predicted octanol–water partition coefficient (Wildman–Crippen LogP) is 3.17. The van der Waals surface area contributed by atoms with Gasteiger partial charge in [0, 0.05) is 7.05 Å². The van der Waals surface area contributed by atoms with E-state index in [9.17, 15) is 4.79 Å². The Morgan fingerprint density at radius 3 is 2.91 bits per heavy atom. The van der Waals surface area contributed by atoms with Crippen LogP contribution in [0.2, 0.25) is 0 Å². The fourth-order valence-electron chi connectivity index (χ4n) is 2.87. The average Bonchev–Trinajstić information content (AvgIpc) is 3.29. The minimum atomic E-state index is -0.151. The lowest BCUT2D eigenvalue weighted by Crippen LogP contribution is -2.37. The molecule has 0 saturated heterocycles. The topological polar surface area (TPSA) is 59.0 Å². The lowest BCUT2D eigenvalue weighted by atomic mass is 10.1. The summed E-state index contributed by atoms with van der Waals surface area (Å²) in [5.41, 5.74) is 4.69. The molecule has 1 unspecified atom stereocenters. The average molecular weight is 312 g/mol. The normalized spacial score (nSPS) is 15.3. The third-order valence-electron chi connectivity index (χ3n) is 4.42. The lowest BCUT2D eigenvalue weighted by Gasteiger charge is -2.16. The Bertz CT molecular complexity index is 703. The van der Waals surface area contributed by atoms with Crippen LogP contribution in [0.15, 0.2) is 30.5 Å². The second-order valence-corrected chi connectivity index (χ2v) is 6.41. The summed E-state index contributed by atoms with van der Waals surface area (Å²) in [6.07, 6.45) is 4.40. The second kappa shape index (κ2) is 6.44. The fourth-order valence-corrected chi connectivity index (χ4v) is 2.87. The first kappa shape index (κ1) is 15.6. The van der Waals surface area contributed by atoms with E-state index in [1.54, 1.807) is 0 Å². The molecule has 1 aliphatic carbocycles. The molecule has 1 aromatic heterocycles. The molecule has 1 saturated carbocycles. The predicted molar refractivity (Wildman–Crippen MR) is 90.1 cm³/mol. The van der Waals surface area contributed by atoms with Crippen molar-refractivity contribution in [3.63, 3.8) is 0 Å². The Balaban J connectivity index is 1.56. The number of urea groups is 1. The molecule has 0 bridgehead atoms. The highest BCUT2D eigenvalue weighted by molar-refractivity contribution is 5.74. The molecule has 1 fully saturated rings. The van der Waals surface area contributed by atoms with Gasteiger partial charge in [-0.05, 0) is 43.7 Å². The number of carbonyl (C=O) groups is 1. The van der Waals surface area contributed by atoms with Gasteiger partial charge in [0.25, 0.3) is 0 Å². The Kier molecular flexibility index (Phi) is 4.37. The van der Waals surface area contributed by atoms with E-state index in [1.165, 1.54) is 24.0 Å². The van der Waals surface area contributed by atoms with Crippen LogP contribution in [0.1, 0.15) is 54.1 Å². The van der Waals surface area contributed by atoms with Gasteiger partial charge in [-0.15, -0.1) is 0 Å². The summed E-state index contributed by atoms with van der Waals surface area (Å²) in [4.78, 5) is 12.2. The second-order valence-electron chi connectivity index (χ2n) is 6.41. The van der Waals surface area contributed by atoms with Gasteiger partial charge in [0.2, 0.25) is 0 Å². The fraction of sp³-hybridized carbons (Fsp3) is 0.444. The van der Waals surface area contributed by atoms with Crippen LogP contribution in [-0.4, -0.2) is 15.8 Å². The quantitative estimate of drug-likeness (QED) is 0.891. The molecule has 1 aromatic carbocycles. The van der Waals surface area contributed by atoms with Crippen LogP contribution in [0.25, 0.3) is 0 Å². The highest BCUT2D eigenvalue weighted by Crippen LogP contribution is 2.41. The van der Waals surface area contributed by atoms with Crippen LogP contribution >= 0.6 is 0 Å². The maximum atomic E-state index is 12.2. The van der Waals surface area contributed by atoms with E-state index < -0.39 is 0 Å². The molecule has 23 heavy (non-hydrogen) atoms. The molecular weight excluding hydrogens is 288 g/mol. The van der Waals surface area contributed by atoms with Crippen molar-refractivity contribution in [1.29, 1.82) is 0 Å². The summed E-state index contributed by atoms with van der Waals surface area (Å²) in [5, 5.41) is 10.3. The summed E-state index contributed by atoms with van der Waals surface area (Å²) < 4.78 is 1.86. The van der Waals surface area contributed by atoms with Crippen LogP contribution < -0.4 is 10.6 Å². The SMILES string of the molecule is Cc1cccc(C(C)NC(=O)NCc2c(C3CC3)cnn2C)c1. The maximum absolute atomic E-state index is 12.2. The van der Waals surface area contributed by atoms with Gasteiger partial charge in [0.15, 0.2) is 0 Å². The number of rotatable bonds is 5. The van der Waals surface area contributed by atoms with Crippen LogP contribution in [0.5, 0.6) is 0 Å². The number of carbonyl (C=O) groups excluding carboxylic acids is 1. The Hall–Kier alpha value is -2.30. The molecule has 0 spiro atoms. The van der Waals surface area contributed by atoms with Crippen LogP contribution in [-0.2, 0) is 13.6 Å². The number of amides is 2. The molecule has 122 valence electrons. The number of aromatic nitrogens is 2. The Labute approximate surface area is 137 Å². The summed E-state index contributed by atoms with van der Waals surface area (Å²) >= 11 is 0. The number of aryl methyl sites for hydroxylation is 2. The summed E-state index contributed by atoms with van der Waals surface area (Å²) in [6, 6.07) is 8.02. The van der Waals surface area contributed by atoms with E-state index in [-0.39, 0.29) is 12.1 Å². The minimum absolute atomic E-state index is 0.0238. The van der Waals surface area contributed by atoms with Crippen molar-refractivity contribution in [3.05, 3.63) is 52.8 Å². The summed E-state index contributed by atoms with van der Waals surface area (Å²) in [5.74, 6) is 0.634. The lowest BCUT2D eigenvalue weighted by molar-refractivity contribution is 0.237. The number of nitrogens with one attached hydrogen (secondary N) is 2. The van der Waals surface area contributed by atoms with Crippen molar-refractivity contribution in [2.75, 3.05) is 0 Å². The first-order chi connectivity index (χ1) is 11.0. The maximum Gasteiger partial charge on any atom is 0.315 e. The van der Waals surface area contributed by atoms with E-state index >= 15 is 0 Å². The number of benzene rings is 1. The minimum Gasteiger partial charge on any atom is -0.333 e. The van der Waals surface area contributed by atoms with Crippen molar-refractivity contribution in [2.45, 2.75) is 45.2 Å². The van der Waals surface area contributed by atoms with E-state index in [0.717, 1.165) is 11.3 Å². The van der Waals surface area contributed by atoms with Gasteiger partial charge in [-0.2, -0.15) is 5.10 Å². The molecule has 2 amide bonds. The van der Waals surface area contributed by atoms with E-state index in [0.29, 0.717) is 12.5 Å². The first-order valence-electron chi connectivity index (χ1n) is 8.16. The van der Waals surface area contributed by atoms with Crippen molar-refractivity contribution >= 4 is 6.03 Å². The molecule has 1 atom stereocenters. The molecule has 1 heterocycles. The van der Waals surface area contributed by atoms with Crippen LogP contribution in [0.3, 0.4) is 0 Å². The van der Waals surface area contributed by atoms with Gasteiger partial charge in [0.1, 0.15) is 0 Å². The van der Waals surface area contributed by atoms with Gasteiger partial charge in [-0.25, -0.2) is 4.79 Å². The summed E-state index contributed by atoms with van der Waals surface area (Å²) in [6.45, 7) is 4.56. The highest BCUT2D eigenvalue weighted by Gasteiger charge is 2.28. The van der Waals surface area contributed by atoms with Gasteiger partial charge < -0.3 is 10.6 Å². The zero-order chi connectivity index (χ0) is 16.4. The molecular formula is C18H24N4O. The molecule has 2 aromatic rings. The molecule has 0 radical (unpaired) electrons. The number of hydrogen-bond donors (Lipinski definition) is 2. The smallest absolute Gasteiger partial charge is 0.315 e. The zero-order valence-corrected chi connectivity index (χ0v) is 14.0. The van der Waals surface area contributed by atoms with E-state index in [1.807, 2.05) is 37.0 Å². The first-order valence-corrected chi connectivity index (χ1v) is 8.16. The van der Waals surface area contributed by atoms with Crippen LogP contribution in [0, 0.1) is 6.92 Å². The standard InChI is InChI=1S/C18H24N4O/c1-12-5-4-6-15(9-12)13(2)21-18(23)19-11-17-16(14-7-8-14)10-20-22(17)3/h4-6,9-10,13-14H,7-8,11H2,1-3H3,(H2,19,21,23). The Morgan fingerprint density at radius 2 is 2.22 bits per heavy atom. The Morgan fingerprint density at radius 1 is 1.43 bits per heavy atom. The molecule has 2 N–H and O–H groups in total. The van der Waals surface area contributed by atoms with Gasteiger partial charge in [-0.3, -0.25) is 4.68 Å². The zero-order valence-electron chi connectivity index (χ0n) is 14.0. The number of hydrogen-bond acceptors (Lipinski definition) is 2. The van der Waals surface area contributed by atoms with Crippen molar-refractivity contribution in [2.24, 2.45) is 7.05 Å². The van der Waals surface area contributed by atoms with E-state index in [2.05, 4.69) is 34.8 Å². The van der Waals surface area contributed by atoms with Gasteiger partial charge in [-0.1, -0.05) is 29.8 Å². The molecule has 1 aliphatic rings. The summed E-state index contributed by atoms with van der Waals surface area (Å²) in [7, 11) is 1.93. The van der Waals surface area contributed by atoms with Crippen molar-refractivity contribution in [3.8, 4) is 0 Å². The van der Waals surface area contributed by atoms with Crippen molar-refractivity contribution in [1.82, 2.24) is 20.4 Å². The molecule has 3 rings (SSSR count). The largest absolute Gasteiger partial charge is 0.333 e. The highest BCUT2D eigenvalue weighted by atomic mass is 16.2. The number of nitrogens with zero attached hydrogens (tertiary/aromatic N) is 2. The molecule has 5 heteroatoms. The van der Waals surface area contributed by atoms with Gasteiger partial charge in [0.05, 0.1) is 24.5 Å². The third-order valence-corrected chi connectivity index (χ3v) is 4.42. The third kappa shape index (κ3) is 3.73. The molecule has 5 nitrogen and oxygen atoms in total. The van der Waals surface area contributed by atoms with Crippen molar-refractivity contribution < 1.29 is 4.79 Å². The van der Waals surface area contributed by atoms with E-state index in [4.69, 9.17) is 0 Å². The molecule has 0 aliphatic heterocycles. The van der Waals surface area contributed by atoms with Gasteiger partial charge >= 0.3 is 6.03 Å². The van der Waals surface area contributed by atoms with Crippen LogP contribution in [0.4, 0.5) is 4.79 Å². The monoisotopic (exact) mass is 312 g/mol.